The van der Waals surface area contributed by atoms with Crippen LogP contribution < -0.4 is 11.1 Å². The van der Waals surface area contributed by atoms with Crippen molar-refractivity contribution >= 4 is 17.7 Å². The standard InChI is InChI=1S/C15H22N2O5/c1-15(2,3)22-14(21)17-11-6-4-9(8-12(11)18)10(16)5-7-13(19)20/h4,6,8,10,18H,5,7,16H2,1-3H3,(H,17,21)(H,19,20). The number of amides is 1. The van der Waals surface area contributed by atoms with E-state index >= 15 is 0 Å². The third-order valence-electron chi connectivity index (χ3n) is 2.75. The molecular weight excluding hydrogens is 288 g/mol. The molecule has 122 valence electrons. The first-order valence-electron chi connectivity index (χ1n) is 6.89. The van der Waals surface area contributed by atoms with Gasteiger partial charge in [0.05, 0.1) is 5.69 Å². The minimum Gasteiger partial charge on any atom is -0.506 e. The lowest BCUT2D eigenvalue weighted by Crippen LogP contribution is -2.27. The molecule has 0 heterocycles. The zero-order valence-corrected chi connectivity index (χ0v) is 12.9. The molecule has 1 amide bonds. The van der Waals surface area contributed by atoms with Gasteiger partial charge in [0.15, 0.2) is 0 Å². The summed E-state index contributed by atoms with van der Waals surface area (Å²) in [5.41, 5.74) is 6.01. The molecule has 0 aliphatic rings. The van der Waals surface area contributed by atoms with Gasteiger partial charge >= 0.3 is 12.1 Å². The highest BCUT2D eigenvalue weighted by Gasteiger charge is 2.18. The van der Waals surface area contributed by atoms with Crippen molar-refractivity contribution in [3.63, 3.8) is 0 Å². The lowest BCUT2D eigenvalue weighted by Gasteiger charge is -2.20. The second kappa shape index (κ2) is 7.13. The van der Waals surface area contributed by atoms with Gasteiger partial charge in [-0.05, 0) is 44.9 Å². The number of hydrogen-bond acceptors (Lipinski definition) is 5. The average molecular weight is 310 g/mol. The first kappa shape index (κ1) is 17.8. The van der Waals surface area contributed by atoms with Gasteiger partial charge in [0.1, 0.15) is 11.4 Å². The molecule has 1 unspecified atom stereocenters. The van der Waals surface area contributed by atoms with Crippen molar-refractivity contribution in [3.8, 4) is 5.75 Å². The minimum atomic E-state index is -0.928. The van der Waals surface area contributed by atoms with Gasteiger partial charge in [-0.25, -0.2) is 4.79 Å². The van der Waals surface area contributed by atoms with Crippen LogP contribution in [0.25, 0.3) is 0 Å². The van der Waals surface area contributed by atoms with Gasteiger partial charge in [-0.3, -0.25) is 10.1 Å². The van der Waals surface area contributed by atoms with E-state index in [0.29, 0.717) is 5.56 Å². The minimum absolute atomic E-state index is 0.0557. The number of hydrogen-bond donors (Lipinski definition) is 4. The van der Waals surface area contributed by atoms with Crippen LogP contribution in [0.4, 0.5) is 10.5 Å². The first-order chi connectivity index (χ1) is 10.1. The molecule has 0 saturated carbocycles. The molecule has 0 fully saturated rings. The van der Waals surface area contributed by atoms with Crippen LogP contribution in [0.1, 0.15) is 45.2 Å². The summed E-state index contributed by atoms with van der Waals surface area (Å²) in [5.74, 6) is -1.09. The van der Waals surface area contributed by atoms with E-state index in [1.807, 2.05) is 0 Å². The second-order valence-electron chi connectivity index (χ2n) is 5.94. The predicted octanol–water partition coefficient (Wildman–Crippen LogP) is 2.60. The van der Waals surface area contributed by atoms with Gasteiger partial charge in [0.25, 0.3) is 0 Å². The Labute approximate surface area is 129 Å². The molecular formula is C15H22N2O5. The molecule has 1 aromatic carbocycles. The average Bonchev–Trinajstić information content (AvgIpc) is 2.36. The fraction of sp³-hybridized carbons (Fsp3) is 0.467. The maximum atomic E-state index is 11.6. The van der Waals surface area contributed by atoms with Gasteiger partial charge < -0.3 is 20.7 Å². The number of phenols is 1. The second-order valence-corrected chi connectivity index (χ2v) is 5.94. The molecule has 7 heteroatoms. The van der Waals surface area contributed by atoms with Crippen LogP contribution in [-0.4, -0.2) is 27.9 Å². The molecule has 0 saturated heterocycles. The van der Waals surface area contributed by atoms with Crippen molar-refractivity contribution in [2.45, 2.75) is 45.3 Å². The molecule has 1 rings (SSSR count). The van der Waals surface area contributed by atoms with E-state index in [4.69, 9.17) is 15.6 Å². The third kappa shape index (κ3) is 6.01. The summed E-state index contributed by atoms with van der Waals surface area (Å²) in [6.45, 7) is 5.20. The maximum Gasteiger partial charge on any atom is 0.412 e. The van der Waals surface area contributed by atoms with Crippen LogP contribution in [0.3, 0.4) is 0 Å². The highest BCUT2D eigenvalue weighted by Crippen LogP contribution is 2.28. The fourth-order valence-electron chi connectivity index (χ4n) is 1.74. The lowest BCUT2D eigenvalue weighted by molar-refractivity contribution is -0.137. The van der Waals surface area contributed by atoms with Crippen LogP contribution in [0, 0.1) is 0 Å². The number of ether oxygens (including phenoxy) is 1. The number of benzene rings is 1. The summed E-state index contributed by atoms with van der Waals surface area (Å²) in [5, 5.41) is 21.0. The Kier molecular flexibility index (Phi) is 5.76. The third-order valence-corrected chi connectivity index (χ3v) is 2.75. The summed E-state index contributed by atoms with van der Waals surface area (Å²) in [4.78, 5) is 22.2. The SMILES string of the molecule is CC(C)(C)OC(=O)Nc1ccc(C(N)CCC(=O)O)cc1O. The molecule has 0 bridgehead atoms. The Morgan fingerprint density at radius 2 is 2.00 bits per heavy atom. The monoisotopic (exact) mass is 310 g/mol. The predicted molar refractivity (Wildman–Crippen MR) is 81.8 cm³/mol. The summed E-state index contributed by atoms with van der Waals surface area (Å²) >= 11 is 0. The maximum absolute atomic E-state index is 11.6. The molecule has 1 aromatic rings. The molecule has 0 aliphatic carbocycles. The van der Waals surface area contributed by atoms with Gasteiger partial charge in [-0.15, -0.1) is 0 Å². The Hall–Kier alpha value is -2.28. The molecule has 1 atom stereocenters. The largest absolute Gasteiger partial charge is 0.506 e. The Morgan fingerprint density at radius 1 is 1.36 bits per heavy atom. The van der Waals surface area contributed by atoms with Crippen LogP contribution in [-0.2, 0) is 9.53 Å². The van der Waals surface area contributed by atoms with Crippen molar-refractivity contribution < 1.29 is 24.5 Å². The zero-order valence-electron chi connectivity index (χ0n) is 12.9. The highest BCUT2D eigenvalue weighted by molar-refractivity contribution is 5.86. The Morgan fingerprint density at radius 3 is 2.50 bits per heavy atom. The van der Waals surface area contributed by atoms with E-state index < -0.39 is 23.7 Å². The number of anilines is 1. The van der Waals surface area contributed by atoms with E-state index in [0.717, 1.165) is 0 Å². The summed E-state index contributed by atoms with van der Waals surface area (Å²) in [6, 6.07) is 4.02. The van der Waals surface area contributed by atoms with Gasteiger partial charge in [0, 0.05) is 12.5 Å². The number of carbonyl (C=O) groups is 2. The number of carboxylic acids is 1. The molecule has 0 spiro atoms. The molecule has 0 aliphatic heterocycles. The van der Waals surface area contributed by atoms with E-state index in [9.17, 15) is 14.7 Å². The number of phenolic OH excluding ortho intramolecular Hbond substituents is 1. The lowest BCUT2D eigenvalue weighted by atomic mass is 10.0. The number of aliphatic carboxylic acids is 1. The van der Waals surface area contributed by atoms with E-state index in [-0.39, 0.29) is 24.3 Å². The molecule has 7 nitrogen and oxygen atoms in total. The highest BCUT2D eigenvalue weighted by atomic mass is 16.6. The molecule has 22 heavy (non-hydrogen) atoms. The van der Waals surface area contributed by atoms with Crippen LogP contribution in [0.2, 0.25) is 0 Å². The van der Waals surface area contributed by atoms with Crippen molar-refractivity contribution in [2.75, 3.05) is 5.32 Å². The number of carboxylic acid groups (broad SMARTS) is 1. The van der Waals surface area contributed by atoms with Gasteiger partial charge in [-0.1, -0.05) is 6.07 Å². The van der Waals surface area contributed by atoms with Crippen molar-refractivity contribution in [3.05, 3.63) is 23.8 Å². The summed E-state index contributed by atoms with van der Waals surface area (Å²) in [6.07, 6.45) is -0.473. The van der Waals surface area contributed by atoms with Gasteiger partial charge in [0.2, 0.25) is 0 Å². The van der Waals surface area contributed by atoms with E-state index in [1.165, 1.54) is 12.1 Å². The van der Waals surface area contributed by atoms with Crippen molar-refractivity contribution in [1.82, 2.24) is 0 Å². The van der Waals surface area contributed by atoms with Crippen LogP contribution >= 0.6 is 0 Å². The zero-order chi connectivity index (χ0) is 16.9. The van der Waals surface area contributed by atoms with E-state index in [1.54, 1.807) is 26.8 Å². The van der Waals surface area contributed by atoms with Gasteiger partial charge in [-0.2, -0.15) is 0 Å². The summed E-state index contributed by atoms with van der Waals surface area (Å²) < 4.78 is 5.09. The fourth-order valence-corrected chi connectivity index (χ4v) is 1.74. The first-order valence-corrected chi connectivity index (χ1v) is 6.89. The topological polar surface area (TPSA) is 122 Å². The van der Waals surface area contributed by atoms with Crippen LogP contribution in [0.5, 0.6) is 5.75 Å². The number of aromatic hydroxyl groups is 1. The van der Waals surface area contributed by atoms with Crippen molar-refractivity contribution in [2.24, 2.45) is 5.73 Å². The Bertz CT molecular complexity index is 551. The molecule has 5 N–H and O–H groups in total. The molecule has 0 radical (unpaired) electrons. The molecule has 0 aromatic heterocycles. The quantitative estimate of drug-likeness (QED) is 0.620. The van der Waals surface area contributed by atoms with E-state index in [2.05, 4.69) is 5.32 Å². The number of carbonyl (C=O) groups excluding carboxylic acids is 1. The number of nitrogens with one attached hydrogen (secondary N) is 1. The smallest absolute Gasteiger partial charge is 0.412 e. The van der Waals surface area contributed by atoms with Crippen LogP contribution in [0.15, 0.2) is 18.2 Å². The summed E-state index contributed by atoms with van der Waals surface area (Å²) in [7, 11) is 0. The van der Waals surface area contributed by atoms with Crippen molar-refractivity contribution in [1.29, 1.82) is 0 Å². The number of nitrogens with two attached hydrogens (primary N) is 1. The Balaban J connectivity index is 2.73. The normalized spacial score (nSPS) is 12.5. The number of rotatable bonds is 5.